The van der Waals surface area contributed by atoms with E-state index in [1.165, 1.54) is 30.3 Å². The summed E-state index contributed by atoms with van der Waals surface area (Å²) in [4.78, 5) is 11.4. The fourth-order valence-corrected chi connectivity index (χ4v) is 3.03. The van der Waals surface area contributed by atoms with Crippen molar-refractivity contribution in [2.24, 2.45) is 0 Å². The maximum absolute atomic E-state index is 13.1. The Bertz CT molecular complexity index is 1310. The van der Waals surface area contributed by atoms with Crippen molar-refractivity contribution in [2.75, 3.05) is 39.6 Å². The summed E-state index contributed by atoms with van der Waals surface area (Å²) >= 11 is 0. The summed E-state index contributed by atoms with van der Waals surface area (Å²) in [5.41, 5.74) is -1.86. The minimum absolute atomic E-state index is 0.123. The van der Waals surface area contributed by atoms with Crippen molar-refractivity contribution in [3.63, 3.8) is 0 Å². The molecule has 0 N–H and O–H groups in total. The summed E-state index contributed by atoms with van der Waals surface area (Å²) in [5, 5.41) is 17.7. The quantitative estimate of drug-likeness (QED) is 0.293. The van der Waals surface area contributed by atoms with Gasteiger partial charge < -0.3 is 23.4 Å². The first-order valence-corrected chi connectivity index (χ1v) is 10.3. The first kappa shape index (κ1) is 25.6. The van der Waals surface area contributed by atoms with Crippen LogP contribution in [0.1, 0.15) is 16.7 Å². The zero-order valence-electron chi connectivity index (χ0n) is 18.3. The Morgan fingerprint density at radius 1 is 0.771 bits per heavy atom. The lowest BCUT2D eigenvalue weighted by atomic mass is 10.1. The lowest BCUT2D eigenvalue weighted by molar-refractivity contribution is -0.136. The van der Waals surface area contributed by atoms with Crippen LogP contribution in [-0.2, 0) is 15.7 Å². The van der Waals surface area contributed by atoms with Gasteiger partial charge in [-0.15, -0.1) is 0 Å². The van der Waals surface area contributed by atoms with E-state index in [4.69, 9.17) is 33.9 Å². The molecule has 11 heteroatoms. The molecule has 0 aliphatic carbocycles. The molecule has 0 saturated heterocycles. The predicted molar refractivity (Wildman–Crippen MR) is 116 cm³/mol. The van der Waals surface area contributed by atoms with Gasteiger partial charge in [0.15, 0.2) is 0 Å². The highest BCUT2D eigenvalue weighted by molar-refractivity contribution is 5.82. The van der Waals surface area contributed by atoms with Gasteiger partial charge >= 0.3 is 11.8 Å². The average Bonchev–Trinajstić information content (AvgIpc) is 2.83. The summed E-state index contributed by atoms with van der Waals surface area (Å²) < 4.78 is 65.8. The molecular weight excluding hydrogens is 469 g/mol. The highest BCUT2D eigenvalue weighted by Crippen LogP contribution is 2.34. The molecule has 0 aliphatic heterocycles. The summed E-state index contributed by atoms with van der Waals surface area (Å²) in [5.74, 6) is 0.694. The second-order valence-electron chi connectivity index (χ2n) is 6.99. The van der Waals surface area contributed by atoms with Crippen molar-refractivity contribution in [3.05, 3.63) is 69.6 Å². The van der Waals surface area contributed by atoms with Crippen LogP contribution in [0.4, 0.5) is 13.2 Å². The second kappa shape index (κ2) is 11.9. The van der Waals surface area contributed by atoms with Crippen LogP contribution in [0.25, 0.3) is 11.0 Å². The Balaban J connectivity index is 1.33. The minimum atomic E-state index is -4.68. The van der Waals surface area contributed by atoms with Gasteiger partial charge in [-0.1, -0.05) is 0 Å². The number of benzene rings is 2. The number of hydrogen-bond acceptors (Lipinski definition) is 8. The van der Waals surface area contributed by atoms with Crippen LogP contribution >= 0.6 is 0 Å². The van der Waals surface area contributed by atoms with E-state index >= 15 is 0 Å². The summed E-state index contributed by atoms with van der Waals surface area (Å²) in [6.07, 6.45) is -4.68. The Morgan fingerprint density at radius 2 is 1.34 bits per heavy atom. The molecule has 3 aromatic rings. The smallest absolute Gasteiger partial charge is 0.417 e. The second-order valence-corrected chi connectivity index (χ2v) is 6.99. The zero-order chi connectivity index (χ0) is 25.3. The first-order valence-electron chi connectivity index (χ1n) is 10.3. The van der Waals surface area contributed by atoms with Gasteiger partial charge in [-0.2, -0.15) is 23.7 Å². The molecule has 0 unspecified atom stereocenters. The number of rotatable bonds is 11. The molecule has 182 valence electrons. The van der Waals surface area contributed by atoms with Crippen LogP contribution < -0.4 is 15.1 Å². The van der Waals surface area contributed by atoms with E-state index in [1.807, 2.05) is 12.1 Å². The highest BCUT2D eigenvalue weighted by atomic mass is 19.4. The fraction of sp³-hybridized carbons (Fsp3) is 0.292. The van der Waals surface area contributed by atoms with Crippen LogP contribution in [0.15, 0.2) is 51.7 Å². The summed E-state index contributed by atoms with van der Waals surface area (Å²) in [7, 11) is 0. The van der Waals surface area contributed by atoms with E-state index in [1.54, 1.807) is 6.07 Å². The number of fused-ring (bicyclic) bond motifs is 1. The van der Waals surface area contributed by atoms with E-state index < -0.39 is 17.4 Å². The minimum Gasteiger partial charge on any atom is -0.491 e. The maximum Gasteiger partial charge on any atom is 0.417 e. The predicted octanol–water partition coefficient (Wildman–Crippen LogP) is 4.05. The highest BCUT2D eigenvalue weighted by Gasteiger charge is 2.33. The molecular formula is C24H19F3N2O6. The molecule has 35 heavy (non-hydrogen) atoms. The van der Waals surface area contributed by atoms with Gasteiger partial charge in [0, 0.05) is 17.5 Å². The van der Waals surface area contributed by atoms with Crippen LogP contribution in [0.2, 0.25) is 0 Å². The number of nitrogens with zero attached hydrogens (tertiary/aromatic N) is 2. The molecule has 3 rings (SSSR count). The van der Waals surface area contributed by atoms with Crippen molar-refractivity contribution in [1.29, 1.82) is 10.5 Å². The van der Waals surface area contributed by atoms with E-state index in [0.717, 1.165) is 0 Å². The fourth-order valence-electron chi connectivity index (χ4n) is 3.03. The van der Waals surface area contributed by atoms with Crippen molar-refractivity contribution in [1.82, 2.24) is 0 Å². The van der Waals surface area contributed by atoms with E-state index in [9.17, 15) is 18.0 Å². The molecule has 0 aliphatic rings. The standard InChI is InChI=1S/C24H19F3N2O6/c25-24(26,27)21-13-23(30)35-22-12-19(3-4-20(21)22)34-10-8-32-6-5-31-7-9-33-18-2-1-16(14-28)17(11-18)15-29/h1-4,11-13H,5-10H2. The van der Waals surface area contributed by atoms with Crippen molar-refractivity contribution in [2.45, 2.75) is 6.18 Å². The third kappa shape index (κ3) is 7.21. The largest absolute Gasteiger partial charge is 0.491 e. The normalized spacial score (nSPS) is 11.1. The first-order chi connectivity index (χ1) is 16.8. The van der Waals surface area contributed by atoms with Crippen LogP contribution in [-0.4, -0.2) is 39.6 Å². The Labute approximate surface area is 197 Å². The van der Waals surface area contributed by atoms with E-state index in [-0.39, 0.29) is 60.9 Å². The van der Waals surface area contributed by atoms with Crippen LogP contribution in [0, 0.1) is 22.7 Å². The molecule has 0 radical (unpaired) electrons. The molecule has 8 nitrogen and oxygen atoms in total. The molecule has 0 fully saturated rings. The number of hydrogen-bond donors (Lipinski definition) is 0. The van der Waals surface area contributed by atoms with E-state index in [2.05, 4.69) is 0 Å². The van der Waals surface area contributed by atoms with Crippen molar-refractivity contribution >= 4 is 11.0 Å². The topological polar surface area (TPSA) is 115 Å². The molecule has 0 spiro atoms. The molecule has 0 saturated carbocycles. The third-order valence-corrected chi connectivity index (χ3v) is 4.62. The van der Waals surface area contributed by atoms with Crippen LogP contribution in [0.5, 0.6) is 11.5 Å². The van der Waals surface area contributed by atoms with Crippen molar-refractivity contribution in [3.8, 4) is 23.6 Å². The Morgan fingerprint density at radius 3 is 1.94 bits per heavy atom. The number of alkyl halides is 3. The summed E-state index contributed by atoms with van der Waals surface area (Å²) in [6.45, 7) is 1.42. The summed E-state index contributed by atoms with van der Waals surface area (Å²) in [6, 6.07) is 12.6. The molecule has 0 bridgehead atoms. The Hall–Kier alpha value is -4.06. The van der Waals surface area contributed by atoms with Gasteiger partial charge in [0.1, 0.15) is 42.4 Å². The molecule has 1 heterocycles. The van der Waals surface area contributed by atoms with Crippen molar-refractivity contribution < 1.29 is 36.5 Å². The van der Waals surface area contributed by atoms with E-state index in [0.29, 0.717) is 18.4 Å². The number of halogens is 3. The third-order valence-electron chi connectivity index (χ3n) is 4.62. The van der Waals surface area contributed by atoms with Gasteiger partial charge in [0.05, 0.1) is 43.1 Å². The number of ether oxygens (including phenoxy) is 4. The molecule has 0 atom stereocenters. The van der Waals surface area contributed by atoms with Gasteiger partial charge in [0.25, 0.3) is 0 Å². The van der Waals surface area contributed by atoms with Gasteiger partial charge in [-0.05, 0) is 30.3 Å². The molecule has 1 aromatic heterocycles. The van der Waals surface area contributed by atoms with Crippen LogP contribution in [0.3, 0.4) is 0 Å². The SMILES string of the molecule is N#Cc1ccc(OCCOCCOCCOc2ccc3c(C(F)(F)F)cc(=O)oc3c2)cc1C#N. The Kier molecular flexibility index (Phi) is 8.68. The van der Waals surface area contributed by atoms with Gasteiger partial charge in [-0.25, -0.2) is 4.79 Å². The monoisotopic (exact) mass is 488 g/mol. The molecule has 0 amide bonds. The van der Waals surface area contributed by atoms with Gasteiger partial charge in [0.2, 0.25) is 0 Å². The maximum atomic E-state index is 13.1. The van der Waals surface area contributed by atoms with Gasteiger partial charge in [-0.3, -0.25) is 0 Å². The lowest BCUT2D eigenvalue weighted by Gasteiger charge is -2.11. The average molecular weight is 488 g/mol. The zero-order valence-corrected chi connectivity index (χ0v) is 18.3. The molecule has 2 aromatic carbocycles. The lowest BCUT2D eigenvalue weighted by Crippen LogP contribution is -2.13. The number of nitriles is 2.